The lowest BCUT2D eigenvalue weighted by atomic mass is 10.2. The monoisotopic (exact) mass is 341 g/mol. The number of carbonyl (C=O) groups excluding carboxylic acids is 1. The van der Waals surface area contributed by atoms with Gasteiger partial charge < -0.3 is 4.57 Å². The zero-order chi connectivity index (χ0) is 17.1. The predicted molar refractivity (Wildman–Crippen MR) is 93.1 cm³/mol. The van der Waals surface area contributed by atoms with Crippen molar-refractivity contribution in [1.82, 2.24) is 4.57 Å². The standard InChI is InChI=1S/C17H15N3O3S/c1-2-10-19-14-9-8-13(20(22)23)11-15(14)24-17(19)18-16(21)12-6-4-3-5-7-12/h3-9,11H,2,10H2,1H3. The third-order valence-electron chi connectivity index (χ3n) is 3.54. The minimum atomic E-state index is -0.421. The van der Waals surface area contributed by atoms with E-state index < -0.39 is 4.92 Å². The minimum Gasteiger partial charge on any atom is -0.316 e. The molecule has 122 valence electrons. The summed E-state index contributed by atoms with van der Waals surface area (Å²) in [7, 11) is 0. The van der Waals surface area contributed by atoms with Gasteiger partial charge in [-0.3, -0.25) is 14.9 Å². The summed E-state index contributed by atoms with van der Waals surface area (Å²) in [6.45, 7) is 2.73. The predicted octanol–water partition coefficient (Wildman–Crippen LogP) is 3.76. The van der Waals surface area contributed by atoms with E-state index in [0.29, 0.717) is 16.9 Å². The van der Waals surface area contributed by atoms with E-state index in [1.807, 2.05) is 17.6 Å². The van der Waals surface area contributed by atoms with Crippen LogP contribution in [0.2, 0.25) is 0 Å². The number of hydrogen-bond acceptors (Lipinski definition) is 4. The molecule has 0 radical (unpaired) electrons. The van der Waals surface area contributed by atoms with Crippen LogP contribution in [0.1, 0.15) is 23.7 Å². The van der Waals surface area contributed by atoms with Crippen molar-refractivity contribution in [3.63, 3.8) is 0 Å². The molecule has 3 aromatic rings. The molecule has 0 aliphatic carbocycles. The molecule has 24 heavy (non-hydrogen) atoms. The molecule has 0 N–H and O–H groups in total. The molecule has 0 saturated carbocycles. The molecule has 0 atom stereocenters. The van der Waals surface area contributed by atoms with Crippen molar-refractivity contribution >= 4 is 33.1 Å². The van der Waals surface area contributed by atoms with Crippen molar-refractivity contribution in [2.24, 2.45) is 4.99 Å². The fraction of sp³-hybridized carbons (Fsp3) is 0.176. The number of rotatable bonds is 4. The maximum Gasteiger partial charge on any atom is 0.279 e. The number of thiazole rings is 1. The molecule has 0 aliphatic heterocycles. The largest absolute Gasteiger partial charge is 0.316 e. The lowest BCUT2D eigenvalue weighted by molar-refractivity contribution is -0.384. The molecule has 2 aromatic carbocycles. The number of aromatic nitrogens is 1. The summed E-state index contributed by atoms with van der Waals surface area (Å²) in [4.78, 5) is 27.7. The third-order valence-corrected chi connectivity index (χ3v) is 4.58. The fourth-order valence-corrected chi connectivity index (χ4v) is 3.52. The first kappa shape index (κ1) is 16.1. The Bertz CT molecular complexity index is 974. The molecule has 7 heteroatoms. The van der Waals surface area contributed by atoms with Crippen molar-refractivity contribution in [3.8, 4) is 0 Å². The van der Waals surface area contributed by atoms with Gasteiger partial charge in [0.25, 0.3) is 11.6 Å². The first-order chi connectivity index (χ1) is 11.6. The lowest BCUT2D eigenvalue weighted by Crippen LogP contribution is -2.16. The van der Waals surface area contributed by atoms with Gasteiger partial charge in [0.1, 0.15) is 0 Å². The van der Waals surface area contributed by atoms with E-state index in [-0.39, 0.29) is 11.6 Å². The Labute approximate surface area is 141 Å². The zero-order valence-electron chi connectivity index (χ0n) is 13.0. The van der Waals surface area contributed by atoms with Crippen LogP contribution in [0.25, 0.3) is 10.2 Å². The van der Waals surface area contributed by atoms with Gasteiger partial charge in [-0.15, -0.1) is 0 Å². The van der Waals surface area contributed by atoms with E-state index in [4.69, 9.17) is 0 Å². The maximum atomic E-state index is 12.3. The number of nitrogens with zero attached hydrogens (tertiary/aromatic N) is 3. The number of aryl methyl sites for hydroxylation is 1. The van der Waals surface area contributed by atoms with E-state index in [2.05, 4.69) is 4.99 Å². The highest BCUT2D eigenvalue weighted by atomic mass is 32.1. The van der Waals surface area contributed by atoms with Crippen molar-refractivity contribution < 1.29 is 9.72 Å². The van der Waals surface area contributed by atoms with Gasteiger partial charge in [0.05, 0.1) is 15.1 Å². The van der Waals surface area contributed by atoms with Gasteiger partial charge >= 0.3 is 0 Å². The van der Waals surface area contributed by atoms with Crippen LogP contribution in [0.15, 0.2) is 53.5 Å². The van der Waals surface area contributed by atoms with Gasteiger partial charge in [0.15, 0.2) is 4.80 Å². The summed E-state index contributed by atoms with van der Waals surface area (Å²) >= 11 is 1.29. The highest BCUT2D eigenvalue weighted by Crippen LogP contribution is 2.23. The Kier molecular flexibility index (Phi) is 4.52. The number of benzene rings is 2. The van der Waals surface area contributed by atoms with Gasteiger partial charge in [-0.05, 0) is 24.6 Å². The summed E-state index contributed by atoms with van der Waals surface area (Å²) < 4.78 is 2.68. The second-order valence-corrected chi connectivity index (χ2v) is 6.24. The van der Waals surface area contributed by atoms with Crippen molar-refractivity contribution in [1.29, 1.82) is 0 Å². The Morgan fingerprint density at radius 3 is 2.67 bits per heavy atom. The summed E-state index contributed by atoms with van der Waals surface area (Å²) in [6, 6.07) is 13.6. The van der Waals surface area contributed by atoms with Crippen LogP contribution >= 0.6 is 11.3 Å². The summed E-state index contributed by atoms with van der Waals surface area (Å²) in [5, 5.41) is 11.0. The highest BCUT2D eigenvalue weighted by Gasteiger charge is 2.12. The first-order valence-corrected chi connectivity index (χ1v) is 8.33. The van der Waals surface area contributed by atoms with E-state index in [0.717, 1.165) is 16.6 Å². The van der Waals surface area contributed by atoms with E-state index in [1.54, 1.807) is 30.3 Å². The van der Waals surface area contributed by atoms with Gasteiger partial charge in [-0.2, -0.15) is 4.99 Å². The van der Waals surface area contributed by atoms with Crippen LogP contribution in [-0.2, 0) is 6.54 Å². The Hall–Kier alpha value is -2.80. The molecule has 1 aromatic heterocycles. The topological polar surface area (TPSA) is 77.5 Å². The zero-order valence-corrected chi connectivity index (χ0v) is 13.8. The molecule has 0 saturated heterocycles. The van der Waals surface area contributed by atoms with Crippen LogP contribution in [-0.4, -0.2) is 15.4 Å². The maximum absolute atomic E-state index is 12.3. The molecular weight excluding hydrogens is 326 g/mol. The Balaban J connectivity index is 2.15. The van der Waals surface area contributed by atoms with Crippen molar-refractivity contribution in [2.45, 2.75) is 19.9 Å². The fourth-order valence-electron chi connectivity index (χ4n) is 2.43. The molecular formula is C17H15N3O3S. The normalized spacial score (nSPS) is 11.8. The van der Waals surface area contributed by atoms with Crippen LogP contribution in [0.5, 0.6) is 0 Å². The number of carbonyl (C=O) groups is 1. The molecule has 0 fully saturated rings. The molecule has 0 unspecified atom stereocenters. The number of nitro benzene ring substituents is 1. The van der Waals surface area contributed by atoms with Crippen molar-refractivity contribution in [2.75, 3.05) is 0 Å². The van der Waals surface area contributed by atoms with Gasteiger partial charge in [-0.1, -0.05) is 36.5 Å². The van der Waals surface area contributed by atoms with E-state index in [1.165, 1.54) is 23.5 Å². The average molecular weight is 341 g/mol. The Morgan fingerprint density at radius 2 is 2.00 bits per heavy atom. The van der Waals surface area contributed by atoms with Gasteiger partial charge in [0, 0.05) is 24.2 Å². The van der Waals surface area contributed by atoms with E-state index in [9.17, 15) is 14.9 Å². The smallest absolute Gasteiger partial charge is 0.279 e. The van der Waals surface area contributed by atoms with Crippen LogP contribution in [0, 0.1) is 10.1 Å². The second kappa shape index (κ2) is 6.76. The molecule has 1 amide bonds. The van der Waals surface area contributed by atoms with E-state index >= 15 is 0 Å². The highest BCUT2D eigenvalue weighted by molar-refractivity contribution is 7.16. The van der Waals surface area contributed by atoms with Crippen molar-refractivity contribution in [3.05, 3.63) is 69.0 Å². The Morgan fingerprint density at radius 1 is 1.25 bits per heavy atom. The number of amides is 1. The summed E-state index contributed by atoms with van der Waals surface area (Å²) in [6.07, 6.45) is 0.871. The number of non-ortho nitro benzene ring substituents is 1. The molecule has 6 nitrogen and oxygen atoms in total. The second-order valence-electron chi connectivity index (χ2n) is 5.23. The SMILES string of the molecule is CCCn1c(=NC(=O)c2ccccc2)sc2cc([N+](=O)[O-])ccc21. The lowest BCUT2D eigenvalue weighted by Gasteiger charge is -2.02. The summed E-state index contributed by atoms with van der Waals surface area (Å²) in [5.74, 6) is -0.318. The number of fused-ring (bicyclic) bond motifs is 1. The third kappa shape index (κ3) is 3.11. The quantitative estimate of drug-likeness (QED) is 0.535. The number of nitro groups is 1. The van der Waals surface area contributed by atoms with Crippen LogP contribution in [0.3, 0.4) is 0 Å². The van der Waals surface area contributed by atoms with Crippen LogP contribution in [0.4, 0.5) is 5.69 Å². The molecule has 1 heterocycles. The molecule has 0 bridgehead atoms. The number of hydrogen-bond donors (Lipinski definition) is 0. The molecule has 0 spiro atoms. The van der Waals surface area contributed by atoms with Crippen LogP contribution < -0.4 is 4.80 Å². The average Bonchev–Trinajstić information content (AvgIpc) is 2.92. The van der Waals surface area contributed by atoms with Gasteiger partial charge in [-0.25, -0.2) is 0 Å². The first-order valence-electron chi connectivity index (χ1n) is 7.52. The minimum absolute atomic E-state index is 0.0355. The molecule has 3 rings (SSSR count). The molecule has 0 aliphatic rings. The summed E-state index contributed by atoms with van der Waals surface area (Å²) in [5.41, 5.74) is 1.41. The van der Waals surface area contributed by atoms with Gasteiger partial charge in [0.2, 0.25) is 0 Å².